The van der Waals surface area contributed by atoms with Gasteiger partial charge in [-0.3, -0.25) is 0 Å². The molecule has 8 aliphatic rings. The Morgan fingerprint density at radius 1 is 0.586 bits per heavy atom. The van der Waals surface area contributed by atoms with E-state index in [1.807, 2.05) is 0 Å². The number of hydrogen-bond donors (Lipinski definition) is 4. The van der Waals surface area contributed by atoms with E-state index in [9.17, 15) is 20.4 Å². The Morgan fingerprint density at radius 3 is 1.67 bits per heavy atom. The van der Waals surface area contributed by atoms with Crippen LogP contribution in [0.5, 0.6) is 0 Å². The predicted octanol–water partition coefficient (Wildman–Crippen LogP) is 12.7. The molecular weight excluding hydrogens is 713 g/mol. The lowest BCUT2D eigenvalue weighted by molar-refractivity contribution is -0.0801. The zero-order chi connectivity index (χ0) is 41.8. The topological polar surface area (TPSA) is 80.9 Å². The number of fused-ring (bicyclic) bond motifs is 10. The van der Waals surface area contributed by atoms with Gasteiger partial charge in [0.25, 0.3) is 0 Å². The normalized spacial score (nSPS) is 46.6. The summed E-state index contributed by atoms with van der Waals surface area (Å²) < 4.78 is 0. The summed E-state index contributed by atoms with van der Waals surface area (Å²) in [6.07, 6.45) is 29.7. The minimum absolute atomic E-state index is 0.00948. The predicted molar refractivity (Wildman–Crippen MR) is 241 cm³/mol. The zero-order valence-corrected chi connectivity index (χ0v) is 39.2. The first-order chi connectivity index (χ1) is 27.5. The Bertz CT molecular complexity index is 1450. The average Bonchev–Trinajstić information content (AvgIpc) is 3.73. The van der Waals surface area contributed by atoms with E-state index in [1.54, 1.807) is 0 Å². The second-order valence-corrected chi connectivity index (χ2v) is 24.4. The molecule has 8 aliphatic carbocycles. The van der Waals surface area contributed by atoms with E-state index in [0.29, 0.717) is 29.3 Å². The van der Waals surface area contributed by atoms with Crippen LogP contribution in [0.1, 0.15) is 197 Å². The highest BCUT2D eigenvalue weighted by Gasteiger charge is 2.62. The molecule has 17 atom stereocenters. The van der Waals surface area contributed by atoms with Crippen LogP contribution in [-0.2, 0) is 0 Å². The van der Waals surface area contributed by atoms with Gasteiger partial charge in [0.15, 0.2) is 0 Å². The highest BCUT2D eigenvalue weighted by Crippen LogP contribution is 2.69. The molecule has 0 aromatic rings. The zero-order valence-electron chi connectivity index (χ0n) is 39.2. The van der Waals surface area contributed by atoms with Crippen LogP contribution in [0.4, 0.5) is 0 Å². The second-order valence-electron chi connectivity index (χ2n) is 24.4. The molecule has 4 N–H and O–H groups in total. The van der Waals surface area contributed by atoms with Gasteiger partial charge < -0.3 is 20.4 Å². The molecule has 58 heavy (non-hydrogen) atoms. The number of aliphatic hydroxyl groups is 4. The third-order valence-corrected chi connectivity index (χ3v) is 20.7. The summed E-state index contributed by atoms with van der Waals surface area (Å²) in [4.78, 5) is 0. The van der Waals surface area contributed by atoms with Crippen molar-refractivity contribution in [1.82, 2.24) is 0 Å². The van der Waals surface area contributed by atoms with Gasteiger partial charge in [0.05, 0.1) is 18.8 Å². The molecule has 4 nitrogen and oxygen atoms in total. The number of hydrogen-bond acceptors (Lipinski definition) is 4. The van der Waals surface area contributed by atoms with Gasteiger partial charge in [-0.15, -0.1) is 0 Å². The molecule has 0 aromatic heterocycles. The summed E-state index contributed by atoms with van der Waals surface area (Å²) in [6, 6.07) is 0. The minimum Gasteiger partial charge on any atom is -0.395 e. The van der Waals surface area contributed by atoms with E-state index in [1.165, 1.54) is 107 Å². The monoisotopic (exact) mass is 805 g/mol. The number of aliphatic hydroxyl groups excluding tert-OH is 4. The van der Waals surface area contributed by atoms with Gasteiger partial charge >= 0.3 is 0 Å². The first kappa shape index (κ1) is 45.3. The van der Waals surface area contributed by atoms with Gasteiger partial charge in [-0.05, 0) is 189 Å². The van der Waals surface area contributed by atoms with E-state index < -0.39 is 12.2 Å². The van der Waals surface area contributed by atoms with Crippen molar-refractivity contribution in [3.05, 3.63) is 23.3 Å². The summed E-state index contributed by atoms with van der Waals surface area (Å²) in [6.45, 7) is 22.5. The maximum atomic E-state index is 10.7. The van der Waals surface area contributed by atoms with Crippen molar-refractivity contribution < 1.29 is 20.4 Å². The Hall–Kier alpha value is -0.680. The van der Waals surface area contributed by atoms with Crippen molar-refractivity contribution in [1.29, 1.82) is 0 Å². The van der Waals surface area contributed by atoms with Crippen LogP contribution in [0.15, 0.2) is 23.3 Å². The molecule has 0 aromatic carbocycles. The van der Waals surface area contributed by atoms with Crippen molar-refractivity contribution >= 4 is 0 Å². The highest BCUT2D eigenvalue weighted by molar-refractivity contribution is 5.29. The summed E-state index contributed by atoms with van der Waals surface area (Å²) in [5, 5.41) is 41.7. The third kappa shape index (κ3) is 8.06. The van der Waals surface area contributed by atoms with Gasteiger partial charge in [0, 0.05) is 5.41 Å². The van der Waals surface area contributed by atoms with Crippen LogP contribution in [0.3, 0.4) is 0 Å². The maximum absolute atomic E-state index is 10.7. The summed E-state index contributed by atoms with van der Waals surface area (Å²) in [5.41, 5.74) is 3.72. The standard InChI is InChI=1S/2C27H46O2/c1-17(2)7-6-8-18(3)20-11-12-21-19-9-10-23-25(29)24(28)14-16-27(23,5)22(19)13-15-26(20,21)4;1-18(2)6-5-7-19(3)23-10-11-24-22-9-8-20-16-21(29)12-15-27(20,17-28)25(22)13-14-26(23,24)4/h10,17-22,24-25,28-29H,6-9,11-16H2,1-5H3;8,18-19,21-25,28-29H,5-7,9-17H2,1-4H3/t18-,19+,20-,21+,22+,24+,25-,26-,27-;19-,21+,22+,23-,24+,25+,26-,27-/m11/s1. The van der Waals surface area contributed by atoms with E-state index in [2.05, 4.69) is 74.5 Å². The Labute approximate surface area is 357 Å². The SMILES string of the molecule is CC(C)CCC[C@@H](C)[C@H]1CC[C@H]2[C@@H]3CC=C4C[C@@H](O)CC[C@]4(CO)[C@H]3CC[C@]12C.CC(C)CCC[C@@H](C)[C@H]1CC[C@H]2[C@@H]3CC=C4[C@@H](O)[C@@H](O)CC[C@]4(C)[C@H]3CC[C@]12C. The summed E-state index contributed by atoms with van der Waals surface area (Å²) in [5.74, 6) is 9.76. The molecule has 332 valence electrons. The molecule has 0 aliphatic heterocycles. The largest absolute Gasteiger partial charge is 0.395 e. The van der Waals surface area contributed by atoms with Crippen LogP contribution < -0.4 is 0 Å². The van der Waals surface area contributed by atoms with Crippen LogP contribution in [-0.4, -0.2) is 45.3 Å². The molecule has 0 amide bonds. The van der Waals surface area contributed by atoms with Gasteiger partial charge in [-0.25, -0.2) is 0 Å². The van der Waals surface area contributed by atoms with E-state index >= 15 is 0 Å². The lowest BCUT2D eigenvalue weighted by Gasteiger charge is -2.59. The molecule has 8 rings (SSSR count). The summed E-state index contributed by atoms with van der Waals surface area (Å²) in [7, 11) is 0. The first-order valence-electron chi connectivity index (χ1n) is 25.5. The lowest BCUT2D eigenvalue weighted by atomic mass is 9.46. The van der Waals surface area contributed by atoms with Crippen molar-refractivity contribution in [3.8, 4) is 0 Å². The van der Waals surface area contributed by atoms with Gasteiger partial charge in [0.1, 0.15) is 6.10 Å². The molecule has 0 radical (unpaired) electrons. The van der Waals surface area contributed by atoms with Crippen molar-refractivity contribution in [2.45, 2.75) is 215 Å². The highest BCUT2D eigenvalue weighted by atomic mass is 16.3. The first-order valence-corrected chi connectivity index (χ1v) is 25.5. The molecule has 0 heterocycles. The van der Waals surface area contributed by atoms with Crippen LogP contribution >= 0.6 is 0 Å². The fourth-order valence-corrected chi connectivity index (χ4v) is 17.5. The fraction of sp³-hybridized carbons (Fsp3) is 0.926. The van der Waals surface area contributed by atoms with E-state index in [4.69, 9.17) is 0 Å². The van der Waals surface area contributed by atoms with Crippen LogP contribution in [0.2, 0.25) is 0 Å². The van der Waals surface area contributed by atoms with Crippen LogP contribution in [0.25, 0.3) is 0 Å². The molecule has 6 fully saturated rings. The Kier molecular flexibility index (Phi) is 13.9. The summed E-state index contributed by atoms with van der Waals surface area (Å²) >= 11 is 0. The quantitative estimate of drug-likeness (QED) is 0.157. The maximum Gasteiger partial charge on any atom is 0.101 e. The Balaban J connectivity index is 0.000000177. The van der Waals surface area contributed by atoms with Gasteiger partial charge in [-0.2, -0.15) is 0 Å². The number of rotatable bonds is 11. The average molecular weight is 805 g/mol. The van der Waals surface area contributed by atoms with E-state index in [0.717, 1.165) is 97.7 Å². The second kappa shape index (κ2) is 17.8. The molecule has 0 spiro atoms. The molecule has 4 heteroatoms. The van der Waals surface area contributed by atoms with Crippen LogP contribution in [0, 0.1) is 92.7 Å². The Morgan fingerprint density at radius 2 is 1.12 bits per heavy atom. The molecule has 0 saturated heterocycles. The van der Waals surface area contributed by atoms with Crippen molar-refractivity contribution in [3.63, 3.8) is 0 Å². The molecule has 6 saturated carbocycles. The van der Waals surface area contributed by atoms with Crippen molar-refractivity contribution in [2.24, 2.45) is 92.7 Å². The molecular formula is C54H92O4. The molecule has 0 bridgehead atoms. The van der Waals surface area contributed by atoms with Crippen molar-refractivity contribution in [2.75, 3.05) is 6.61 Å². The fourth-order valence-electron chi connectivity index (χ4n) is 17.5. The smallest absolute Gasteiger partial charge is 0.101 e. The number of allylic oxidation sites excluding steroid dienone is 2. The molecule has 0 unspecified atom stereocenters. The van der Waals surface area contributed by atoms with E-state index in [-0.39, 0.29) is 16.9 Å². The third-order valence-electron chi connectivity index (χ3n) is 20.7. The van der Waals surface area contributed by atoms with Gasteiger partial charge in [0.2, 0.25) is 0 Å². The van der Waals surface area contributed by atoms with Gasteiger partial charge in [-0.1, -0.05) is 119 Å². The lowest BCUT2D eigenvalue weighted by Crippen LogP contribution is -2.53. The minimum atomic E-state index is -0.625.